The van der Waals surface area contributed by atoms with Crippen LogP contribution in [-0.4, -0.2) is 35.1 Å². The molecule has 1 heterocycles. The SMILES string of the molecule is O=C1NCCCCC1NC(=O)C1(O)CCCCC1. The van der Waals surface area contributed by atoms with E-state index in [2.05, 4.69) is 10.6 Å². The number of carbonyl (C=O) groups is 2. The zero-order valence-corrected chi connectivity index (χ0v) is 10.7. The molecule has 5 heteroatoms. The zero-order chi connectivity index (χ0) is 13.0. The fraction of sp³-hybridized carbons (Fsp3) is 0.846. The van der Waals surface area contributed by atoms with Gasteiger partial charge in [-0.3, -0.25) is 9.59 Å². The van der Waals surface area contributed by atoms with E-state index < -0.39 is 11.6 Å². The van der Waals surface area contributed by atoms with Crippen molar-refractivity contribution in [1.29, 1.82) is 0 Å². The van der Waals surface area contributed by atoms with Gasteiger partial charge in [0.05, 0.1) is 0 Å². The first-order valence-electron chi connectivity index (χ1n) is 6.93. The summed E-state index contributed by atoms with van der Waals surface area (Å²) >= 11 is 0. The summed E-state index contributed by atoms with van der Waals surface area (Å²) in [5.41, 5.74) is -1.26. The first-order valence-corrected chi connectivity index (χ1v) is 6.93. The van der Waals surface area contributed by atoms with Gasteiger partial charge in [-0.05, 0) is 32.1 Å². The van der Waals surface area contributed by atoms with Crippen LogP contribution >= 0.6 is 0 Å². The van der Waals surface area contributed by atoms with Gasteiger partial charge >= 0.3 is 0 Å². The molecule has 0 aromatic heterocycles. The van der Waals surface area contributed by atoms with Crippen molar-refractivity contribution in [1.82, 2.24) is 10.6 Å². The summed E-state index contributed by atoms with van der Waals surface area (Å²) in [6.45, 7) is 0.676. The number of carbonyl (C=O) groups excluding carboxylic acids is 2. The van der Waals surface area contributed by atoms with E-state index in [4.69, 9.17) is 0 Å². The summed E-state index contributed by atoms with van der Waals surface area (Å²) in [6.07, 6.45) is 6.36. The minimum absolute atomic E-state index is 0.125. The molecule has 1 saturated heterocycles. The third kappa shape index (κ3) is 3.02. The van der Waals surface area contributed by atoms with Crippen molar-refractivity contribution in [2.75, 3.05) is 6.54 Å². The van der Waals surface area contributed by atoms with Crippen LogP contribution in [0.3, 0.4) is 0 Å². The van der Waals surface area contributed by atoms with Crippen LogP contribution < -0.4 is 10.6 Å². The van der Waals surface area contributed by atoms with Gasteiger partial charge in [0.15, 0.2) is 0 Å². The fourth-order valence-electron chi connectivity index (χ4n) is 2.73. The van der Waals surface area contributed by atoms with Gasteiger partial charge in [0, 0.05) is 6.54 Å². The van der Waals surface area contributed by atoms with E-state index in [0.29, 0.717) is 25.8 Å². The summed E-state index contributed by atoms with van der Waals surface area (Å²) < 4.78 is 0. The van der Waals surface area contributed by atoms with Gasteiger partial charge in [-0.25, -0.2) is 0 Å². The van der Waals surface area contributed by atoms with Crippen molar-refractivity contribution in [3.8, 4) is 0 Å². The second-order valence-electron chi connectivity index (χ2n) is 5.41. The van der Waals surface area contributed by atoms with E-state index in [9.17, 15) is 14.7 Å². The minimum Gasteiger partial charge on any atom is -0.380 e. The van der Waals surface area contributed by atoms with Gasteiger partial charge in [-0.2, -0.15) is 0 Å². The maximum atomic E-state index is 12.1. The number of hydrogen-bond donors (Lipinski definition) is 3. The summed E-state index contributed by atoms with van der Waals surface area (Å²) in [5.74, 6) is -0.496. The van der Waals surface area contributed by atoms with Gasteiger partial charge in [-0.15, -0.1) is 0 Å². The molecule has 1 saturated carbocycles. The number of aliphatic hydroxyl groups is 1. The van der Waals surface area contributed by atoms with Crippen molar-refractivity contribution < 1.29 is 14.7 Å². The van der Waals surface area contributed by atoms with Crippen LogP contribution in [0.5, 0.6) is 0 Å². The van der Waals surface area contributed by atoms with E-state index in [-0.39, 0.29) is 11.8 Å². The van der Waals surface area contributed by atoms with Crippen molar-refractivity contribution in [3.05, 3.63) is 0 Å². The lowest BCUT2D eigenvalue weighted by Crippen LogP contribution is -2.54. The Balaban J connectivity index is 1.94. The summed E-state index contributed by atoms with van der Waals surface area (Å²) in [4.78, 5) is 23.8. The molecule has 2 fully saturated rings. The molecule has 2 rings (SSSR count). The summed E-state index contributed by atoms with van der Waals surface area (Å²) in [5, 5.41) is 15.8. The molecule has 102 valence electrons. The largest absolute Gasteiger partial charge is 0.380 e. The molecule has 2 aliphatic rings. The van der Waals surface area contributed by atoms with E-state index in [1.165, 1.54) is 0 Å². The second-order valence-corrected chi connectivity index (χ2v) is 5.41. The number of amides is 2. The maximum absolute atomic E-state index is 12.1. The highest BCUT2D eigenvalue weighted by molar-refractivity contribution is 5.91. The van der Waals surface area contributed by atoms with Gasteiger partial charge in [0.1, 0.15) is 11.6 Å². The molecule has 3 N–H and O–H groups in total. The molecule has 1 atom stereocenters. The maximum Gasteiger partial charge on any atom is 0.252 e. The van der Waals surface area contributed by atoms with Crippen molar-refractivity contribution >= 4 is 11.8 Å². The van der Waals surface area contributed by atoms with Crippen LogP contribution in [0.4, 0.5) is 0 Å². The predicted molar refractivity (Wildman–Crippen MR) is 66.8 cm³/mol. The van der Waals surface area contributed by atoms with Gasteiger partial charge in [-0.1, -0.05) is 19.3 Å². The molecule has 5 nitrogen and oxygen atoms in total. The highest BCUT2D eigenvalue weighted by Crippen LogP contribution is 2.28. The second kappa shape index (κ2) is 5.69. The zero-order valence-electron chi connectivity index (χ0n) is 10.7. The predicted octanol–water partition coefficient (Wildman–Crippen LogP) is 0.466. The molecule has 1 aliphatic heterocycles. The highest BCUT2D eigenvalue weighted by atomic mass is 16.3. The topological polar surface area (TPSA) is 78.4 Å². The van der Waals surface area contributed by atoms with Crippen LogP contribution in [-0.2, 0) is 9.59 Å². The number of nitrogens with one attached hydrogen (secondary N) is 2. The van der Waals surface area contributed by atoms with E-state index in [1.807, 2.05) is 0 Å². The lowest BCUT2D eigenvalue weighted by molar-refractivity contribution is -0.145. The standard InChI is InChI=1S/C13H22N2O3/c16-11-10(6-2-5-9-14-11)15-12(17)13(18)7-3-1-4-8-13/h10,18H,1-9H2,(H,14,16)(H,15,17). The Morgan fingerprint density at radius 1 is 1.22 bits per heavy atom. The average molecular weight is 254 g/mol. The van der Waals surface area contributed by atoms with Crippen molar-refractivity contribution in [3.63, 3.8) is 0 Å². The Hall–Kier alpha value is -1.10. The Bertz CT molecular complexity index is 324. The Morgan fingerprint density at radius 3 is 2.67 bits per heavy atom. The first kappa shape index (κ1) is 13.3. The normalized spacial score (nSPS) is 28.1. The Morgan fingerprint density at radius 2 is 1.94 bits per heavy atom. The summed E-state index contributed by atoms with van der Waals surface area (Å²) in [6, 6.07) is -0.481. The molecule has 0 bridgehead atoms. The molecule has 1 aliphatic carbocycles. The molecule has 0 spiro atoms. The fourth-order valence-corrected chi connectivity index (χ4v) is 2.73. The van der Waals surface area contributed by atoms with Crippen LogP contribution in [0.15, 0.2) is 0 Å². The molecule has 0 radical (unpaired) electrons. The quantitative estimate of drug-likeness (QED) is 0.670. The summed E-state index contributed by atoms with van der Waals surface area (Å²) in [7, 11) is 0. The van der Waals surface area contributed by atoms with Crippen molar-refractivity contribution in [2.45, 2.75) is 63.0 Å². The van der Waals surface area contributed by atoms with Crippen molar-refractivity contribution in [2.24, 2.45) is 0 Å². The van der Waals surface area contributed by atoms with E-state index in [0.717, 1.165) is 32.1 Å². The van der Waals surface area contributed by atoms with Gasteiger partial charge in [0.25, 0.3) is 5.91 Å². The Kier molecular flexibility index (Phi) is 4.22. The van der Waals surface area contributed by atoms with E-state index >= 15 is 0 Å². The van der Waals surface area contributed by atoms with E-state index in [1.54, 1.807) is 0 Å². The van der Waals surface area contributed by atoms with Crippen LogP contribution in [0, 0.1) is 0 Å². The first-order chi connectivity index (χ1) is 8.62. The highest BCUT2D eigenvalue weighted by Gasteiger charge is 2.38. The van der Waals surface area contributed by atoms with Gasteiger partial charge < -0.3 is 15.7 Å². The molecular formula is C13H22N2O3. The van der Waals surface area contributed by atoms with Crippen LogP contribution in [0.1, 0.15) is 51.4 Å². The number of rotatable bonds is 2. The third-order valence-electron chi connectivity index (χ3n) is 3.94. The van der Waals surface area contributed by atoms with Crippen LogP contribution in [0.25, 0.3) is 0 Å². The average Bonchev–Trinajstić information content (AvgIpc) is 2.56. The molecule has 2 amide bonds. The van der Waals surface area contributed by atoms with Crippen LogP contribution in [0.2, 0.25) is 0 Å². The molecule has 0 aromatic rings. The minimum atomic E-state index is -1.26. The third-order valence-corrected chi connectivity index (χ3v) is 3.94. The molecule has 18 heavy (non-hydrogen) atoms. The lowest BCUT2D eigenvalue weighted by atomic mass is 9.84. The lowest BCUT2D eigenvalue weighted by Gasteiger charge is -2.31. The smallest absolute Gasteiger partial charge is 0.252 e. The van der Waals surface area contributed by atoms with Gasteiger partial charge in [0.2, 0.25) is 5.91 Å². The molecule has 1 unspecified atom stereocenters. The molecule has 0 aromatic carbocycles. The Labute approximate surface area is 107 Å². The monoisotopic (exact) mass is 254 g/mol. The molecular weight excluding hydrogens is 232 g/mol. The number of hydrogen-bond acceptors (Lipinski definition) is 3.